The monoisotopic (exact) mass is 318 g/mol. The molecule has 2 saturated carbocycles. The fourth-order valence-corrected chi connectivity index (χ4v) is 6.44. The molecule has 0 aromatic heterocycles. The summed E-state index contributed by atoms with van der Waals surface area (Å²) in [5.74, 6) is 1.73. The van der Waals surface area contributed by atoms with E-state index in [0.717, 1.165) is 25.7 Å². The summed E-state index contributed by atoms with van der Waals surface area (Å²) in [4.78, 5) is 12.1. The molecule has 0 aromatic carbocycles. The average Bonchev–Trinajstić information content (AvgIpc) is 2.49. The summed E-state index contributed by atoms with van der Waals surface area (Å²) in [6, 6.07) is 0. The van der Waals surface area contributed by atoms with Crippen molar-refractivity contribution in [1.29, 1.82) is 0 Å². The van der Waals surface area contributed by atoms with Crippen molar-refractivity contribution in [3.05, 3.63) is 11.6 Å². The van der Waals surface area contributed by atoms with Crippen molar-refractivity contribution in [1.82, 2.24) is 0 Å². The second-order valence-electron chi connectivity index (χ2n) is 9.04. The number of ether oxygens (including phenoxy) is 1. The fourth-order valence-electron chi connectivity index (χ4n) is 6.44. The summed E-state index contributed by atoms with van der Waals surface area (Å²) in [7, 11) is 0. The summed E-state index contributed by atoms with van der Waals surface area (Å²) < 4.78 is 5.60. The summed E-state index contributed by atoms with van der Waals surface area (Å²) in [5.41, 5.74) is 1.88. The van der Waals surface area contributed by atoms with Crippen LogP contribution in [0.5, 0.6) is 0 Å². The van der Waals surface area contributed by atoms with Crippen molar-refractivity contribution in [2.45, 2.75) is 77.9 Å². The van der Waals surface area contributed by atoms with Gasteiger partial charge in [0.05, 0.1) is 6.10 Å². The van der Waals surface area contributed by atoms with E-state index < -0.39 is 0 Å². The van der Waals surface area contributed by atoms with Crippen molar-refractivity contribution in [3.8, 4) is 0 Å². The Hall–Kier alpha value is -0.830. The van der Waals surface area contributed by atoms with Gasteiger partial charge in [-0.05, 0) is 68.6 Å². The number of hydrogen-bond acceptors (Lipinski definition) is 3. The highest BCUT2D eigenvalue weighted by molar-refractivity contribution is 5.71. The molecular formula is C20H30O3. The second-order valence-corrected chi connectivity index (χ2v) is 9.04. The molecule has 3 aliphatic carbocycles. The zero-order valence-electron chi connectivity index (χ0n) is 14.7. The van der Waals surface area contributed by atoms with E-state index in [1.165, 1.54) is 18.4 Å². The highest BCUT2D eigenvalue weighted by atomic mass is 16.5. The number of carbonyl (C=O) groups is 1. The first-order chi connectivity index (χ1) is 10.8. The number of aliphatic hydroxyl groups is 1. The van der Waals surface area contributed by atoms with Gasteiger partial charge in [-0.15, -0.1) is 0 Å². The summed E-state index contributed by atoms with van der Waals surface area (Å²) in [6.45, 7) is 6.86. The Kier molecular flexibility index (Phi) is 3.46. The summed E-state index contributed by atoms with van der Waals surface area (Å²) in [5, 5.41) is 10.1. The molecule has 4 aliphatic rings. The molecule has 0 radical (unpaired) electrons. The van der Waals surface area contributed by atoms with Crippen LogP contribution in [0.2, 0.25) is 0 Å². The van der Waals surface area contributed by atoms with Gasteiger partial charge in [-0.2, -0.15) is 0 Å². The van der Waals surface area contributed by atoms with Crippen LogP contribution in [0, 0.1) is 28.6 Å². The Labute approximate surface area is 139 Å². The van der Waals surface area contributed by atoms with Gasteiger partial charge < -0.3 is 9.84 Å². The molecule has 0 amide bonds. The number of aliphatic hydroxyl groups excluding tert-OH is 1. The number of allylic oxidation sites excluding steroid dienone is 1. The van der Waals surface area contributed by atoms with Crippen LogP contribution in [0.1, 0.15) is 65.7 Å². The molecule has 23 heavy (non-hydrogen) atoms. The molecule has 1 N–H and O–H groups in total. The van der Waals surface area contributed by atoms with Crippen molar-refractivity contribution in [2.24, 2.45) is 28.6 Å². The van der Waals surface area contributed by atoms with Gasteiger partial charge in [-0.25, -0.2) is 0 Å². The maximum absolute atomic E-state index is 12.1. The summed E-state index contributed by atoms with van der Waals surface area (Å²) >= 11 is 0. The fraction of sp³-hybridized carbons (Fsp3) is 0.850. The predicted octanol–water partition coefficient (Wildman–Crippen LogP) is 3.85. The zero-order chi connectivity index (χ0) is 16.4. The second kappa shape index (κ2) is 5.08. The number of carbonyl (C=O) groups excluding carboxylic acids is 1. The first-order valence-electron chi connectivity index (χ1n) is 9.41. The third-order valence-electron chi connectivity index (χ3n) is 8.14. The Morgan fingerprint density at radius 1 is 1.17 bits per heavy atom. The smallest absolute Gasteiger partial charge is 0.306 e. The molecule has 1 saturated heterocycles. The van der Waals surface area contributed by atoms with E-state index in [0.29, 0.717) is 24.2 Å². The highest BCUT2D eigenvalue weighted by Gasteiger charge is 2.58. The lowest BCUT2D eigenvalue weighted by Crippen LogP contribution is -2.56. The zero-order valence-corrected chi connectivity index (χ0v) is 14.7. The molecule has 128 valence electrons. The molecule has 4 rings (SSSR count). The van der Waals surface area contributed by atoms with Crippen molar-refractivity contribution in [3.63, 3.8) is 0 Å². The van der Waals surface area contributed by atoms with Gasteiger partial charge >= 0.3 is 5.97 Å². The first-order valence-corrected chi connectivity index (χ1v) is 9.41. The SMILES string of the molecule is C[C@@H]1OC(=O)CC2C3CC=C4C[C@@H](O)CC[C@]4(C)C3CC[C@@]21C. The molecule has 7 atom stereocenters. The van der Waals surface area contributed by atoms with Crippen LogP contribution in [0.3, 0.4) is 0 Å². The number of esters is 1. The van der Waals surface area contributed by atoms with Crippen LogP contribution in [-0.4, -0.2) is 23.3 Å². The van der Waals surface area contributed by atoms with Crippen LogP contribution in [0.4, 0.5) is 0 Å². The molecule has 1 aliphatic heterocycles. The van der Waals surface area contributed by atoms with Gasteiger partial charge in [-0.3, -0.25) is 4.79 Å². The summed E-state index contributed by atoms with van der Waals surface area (Å²) in [6.07, 6.45) is 9.29. The molecule has 3 heteroatoms. The number of hydrogen-bond donors (Lipinski definition) is 1. The third-order valence-corrected chi connectivity index (χ3v) is 8.14. The van der Waals surface area contributed by atoms with Crippen LogP contribution >= 0.6 is 0 Å². The van der Waals surface area contributed by atoms with Gasteiger partial charge in [0.1, 0.15) is 6.10 Å². The lowest BCUT2D eigenvalue weighted by molar-refractivity contribution is -0.188. The quantitative estimate of drug-likeness (QED) is 0.545. The van der Waals surface area contributed by atoms with E-state index in [1.807, 2.05) is 0 Å². The van der Waals surface area contributed by atoms with Crippen molar-refractivity contribution >= 4 is 5.97 Å². The van der Waals surface area contributed by atoms with Gasteiger partial charge in [0, 0.05) is 11.8 Å². The van der Waals surface area contributed by atoms with E-state index >= 15 is 0 Å². The standard InChI is InChI=1S/C20H30O3/c1-12-19(2)9-7-16-15(17(19)11-18(22)23-12)5-4-13-10-14(21)6-8-20(13,16)3/h4,12,14-17,21H,5-11H2,1-3H3/t12-,14-,15?,16?,17?,19+,20-/m0/s1. The van der Waals surface area contributed by atoms with E-state index in [9.17, 15) is 9.90 Å². The molecule has 3 fully saturated rings. The molecule has 0 aromatic rings. The maximum Gasteiger partial charge on any atom is 0.306 e. The molecule has 0 spiro atoms. The average molecular weight is 318 g/mol. The third kappa shape index (κ3) is 2.15. The van der Waals surface area contributed by atoms with E-state index in [-0.39, 0.29) is 29.0 Å². The number of rotatable bonds is 0. The van der Waals surface area contributed by atoms with Crippen LogP contribution in [-0.2, 0) is 9.53 Å². The molecule has 1 heterocycles. The van der Waals surface area contributed by atoms with Crippen LogP contribution in [0.15, 0.2) is 11.6 Å². The normalized spacial score (nSPS) is 52.6. The van der Waals surface area contributed by atoms with Crippen molar-refractivity contribution in [2.75, 3.05) is 0 Å². The minimum absolute atomic E-state index is 0.000351. The van der Waals surface area contributed by atoms with Gasteiger partial charge in [-0.1, -0.05) is 25.5 Å². The van der Waals surface area contributed by atoms with E-state index in [1.54, 1.807) is 0 Å². The number of cyclic esters (lactones) is 1. The van der Waals surface area contributed by atoms with E-state index in [2.05, 4.69) is 26.8 Å². The topological polar surface area (TPSA) is 46.5 Å². The van der Waals surface area contributed by atoms with Crippen LogP contribution in [0.25, 0.3) is 0 Å². The van der Waals surface area contributed by atoms with Gasteiger partial charge in [0.2, 0.25) is 0 Å². The lowest BCUT2D eigenvalue weighted by Gasteiger charge is -2.60. The largest absolute Gasteiger partial charge is 0.462 e. The number of fused-ring (bicyclic) bond motifs is 5. The minimum atomic E-state index is -0.149. The van der Waals surface area contributed by atoms with Crippen LogP contribution < -0.4 is 0 Å². The Morgan fingerprint density at radius 2 is 1.96 bits per heavy atom. The Bertz CT molecular complexity index is 553. The Balaban J connectivity index is 1.69. The molecule has 0 bridgehead atoms. The molecule has 3 nitrogen and oxygen atoms in total. The highest BCUT2D eigenvalue weighted by Crippen LogP contribution is 2.63. The van der Waals surface area contributed by atoms with Gasteiger partial charge in [0.25, 0.3) is 0 Å². The Morgan fingerprint density at radius 3 is 2.74 bits per heavy atom. The first kappa shape index (κ1) is 15.7. The minimum Gasteiger partial charge on any atom is -0.462 e. The van der Waals surface area contributed by atoms with Crippen molar-refractivity contribution < 1.29 is 14.6 Å². The molecular weight excluding hydrogens is 288 g/mol. The lowest BCUT2D eigenvalue weighted by atomic mass is 9.46. The molecule has 3 unspecified atom stereocenters. The van der Waals surface area contributed by atoms with E-state index in [4.69, 9.17) is 4.74 Å². The predicted molar refractivity (Wildman–Crippen MR) is 88.6 cm³/mol. The van der Waals surface area contributed by atoms with Gasteiger partial charge in [0.15, 0.2) is 0 Å². The maximum atomic E-state index is 12.1.